The number of benzene rings is 1. The van der Waals surface area contributed by atoms with Gasteiger partial charge in [-0.1, -0.05) is 6.08 Å². The van der Waals surface area contributed by atoms with Crippen molar-refractivity contribution in [3.05, 3.63) is 41.1 Å². The predicted molar refractivity (Wildman–Crippen MR) is 75.2 cm³/mol. The fourth-order valence-electron chi connectivity index (χ4n) is 2.37. The monoisotopic (exact) mass is 312 g/mol. The van der Waals surface area contributed by atoms with Crippen molar-refractivity contribution in [3.63, 3.8) is 0 Å². The Kier molecular flexibility index (Phi) is 4.81. The van der Waals surface area contributed by atoms with E-state index in [1.54, 1.807) is 12.1 Å². The highest BCUT2D eigenvalue weighted by Crippen LogP contribution is 2.30. The van der Waals surface area contributed by atoms with Gasteiger partial charge in [-0.15, -0.1) is 6.58 Å². The van der Waals surface area contributed by atoms with Crippen LogP contribution in [0.25, 0.3) is 0 Å². The van der Waals surface area contributed by atoms with Gasteiger partial charge in [-0.05, 0) is 65.6 Å². The van der Waals surface area contributed by atoms with Crippen LogP contribution in [-0.4, -0.2) is 6.61 Å². The lowest BCUT2D eigenvalue weighted by atomic mass is 9.82. The molecule has 1 aromatic rings. The Morgan fingerprint density at radius 3 is 2.67 bits per heavy atom. The van der Waals surface area contributed by atoms with Crippen molar-refractivity contribution >= 4 is 15.9 Å². The van der Waals surface area contributed by atoms with Crippen molar-refractivity contribution < 1.29 is 9.13 Å². The molecule has 1 saturated carbocycles. The highest BCUT2D eigenvalue weighted by molar-refractivity contribution is 9.10. The van der Waals surface area contributed by atoms with Crippen molar-refractivity contribution in [1.29, 1.82) is 0 Å². The first-order valence-corrected chi connectivity index (χ1v) is 7.18. The maximum absolute atomic E-state index is 13.3. The molecule has 98 valence electrons. The largest absolute Gasteiger partial charge is 0.493 e. The Labute approximate surface area is 116 Å². The van der Waals surface area contributed by atoms with E-state index in [1.807, 2.05) is 0 Å². The lowest BCUT2D eigenvalue weighted by molar-refractivity contribution is 0.194. The van der Waals surface area contributed by atoms with Gasteiger partial charge in [0.2, 0.25) is 0 Å². The highest BCUT2D eigenvalue weighted by Gasteiger charge is 2.19. The van der Waals surface area contributed by atoms with Crippen molar-refractivity contribution in [2.24, 2.45) is 11.8 Å². The fourth-order valence-corrected chi connectivity index (χ4v) is 2.62. The lowest BCUT2D eigenvalue weighted by Gasteiger charge is -2.26. The molecule has 0 N–H and O–H groups in total. The van der Waals surface area contributed by atoms with E-state index in [0.717, 1.165) is 0 Å². The number of rotatable bonds is 4. The van der Waals surface area contributed by atoms with Crippen LogP contribution in [0.4, 0.5) is 4.39 Å². The second-order valence-corrected chi connectivity index (χ2v) is 5.76. The number of hydrogen-bond donors (Lipinski definition) is 0. The minimum atomic E-state index is -0.275. The molecule has 2 rings (SSSR count). The van der Waals surface area contributed by atoms with E-state index in [9.17, 15) is 4.39 Å². The zero-order valence-corrected chi connectivity index (χ0v) is 12.0. The number of hydrogen-bond acceptors (Lipinski definition) is 1. The standard InChI is InChI=1S/C15H18BrFO/c1-2-11-3-5-12(6-4-11)10-18-13-7-8-14(16)15(17)9-13/h2,7-9,11-12H,1,3-6,10H2. The molecule has 0 bridgehead atoms. The second-order valence-electron chi connectivity index (χ2n) is 4.90. The van der Waals surface area contributed by atoms with E-state index in [-0.39, 0.29) is 5.82 Å². The summed E-state index contributed by atoms with van der Waals surface area (Å²) in [6, 6.07) is 4.90. The smallest absolute Gasteiger partial charge is 0.141 e. The van der Waals surface area contributed by atoms with E-state index in [0.29, 0.717) is 28.7 Å². The minimum absolute atomic E-state index is 0.275. The van der Waals surface area contributed by atoms with Crippen LogP contribution in [-0.2, 0) is 0 Å². The average molecular weight is 313 g/mol. The lowest BCUT2D eigenvalue weighted by Crippen LogP contribution is -2.19. The molecule has 1 aliphatic carbocycles. The summed E-state index contributed by atoms with van der Waals surface area (Å²) in [6.07, 6.45) is 6.81. The third kappa shape index (κ3) is 3.58. The first-order valence-electron chi connectivity index (χ1n) is 6.39. The normalized spacial score (nSPS) is 23.7. The Morgan fingerprint density at radius 2 is 2.06 bits per heavy atom. The zero-order chi connectivity index (χ0) is 13.0. The quantitative estimate of drug-likeness (QED) is 0.714. The molecule has 0 saturated heterocycles. The molecule has 18 heavy (non-hydrogen) atoms. The summed E-state index contributed by atoms with van der Waals surface area (Å²) in [5, 5.41) is 0. The van der Waals surface area contributed by atoms with Gasteiger partial charge in [0.25, 0.3) is 0 Å². The number of halogens is 2. The van der Waals surface area contributed by atoms with Crippen molar-refractivity contribution in [3.8, 4) is 5.75 Å². The van der Waals surface area contributed by atoms with Crippen LogP contribution in [0.15, 0.2) is 35.3 Å². The summed E-state index contributed by atoms with van der Waals surface area (Å²) >= 11 is 3.13. The van der Waals surface area contributed by atoms with E-state index in [1.165, 1.54) is 31.7 Å². The van der Waals surface area contributed by atoms with Gasteiger partial charge in [-0.3, -0.25) is 0 Å². The molecule has 0 atom stereocenters. The van der Waals surface area contributed by atoms with Gasteiger partial charge < -0.3 is 4.74 Å². The molecule has 1 nitrogen and oxygen atoms in total. The average Bonchev–Trinajstić information content (AvgIpc) is 2.41. The molecule has 1 aromatic carbocycles. The van der Waals surface area contributed by atoms with Gasteiger partial charge in [0.1, 0.15) is 11.6 Å². The van der Waals surface area contributed by atoms with E-state index in [4.69, 9.17) is 4.74 Å². The van der Waals surface area contributed by atoms with Crippen LogP contribution < -0.4 is 4.74 Å². The maximum Gasteiger partial charge on any atom is 0.141 e. The SMILES string of the molecule is C=CC1CCC(COc2ccc(Br)c(F)c2)CC1. The summed E-state index contributed by atoms with van der Waals surface area (Å²) in [5.41, 5.74) is 0. The van der Waals surface area contributed by atoms with Crippen molar-refractivity contribution in [2.45, 2.75) is 25.7 Å². The molecule has 0 unspecified atom stereocenters. The summed E-state index contributed by atoms with van der Waals surface area (Å²) in [4.78, 5) is 0. The molecule has 1 fully saturated rings. The van der Waals surface area contributed by atoms with Gasteiger partial charge >= 0.3 is 0 Å². The summed E-state index contributed by atoms with van der Waals surface area (Å²) in [5.74, 6) is 1.60. The molecule has 0 radical (unpaired) electrons. The minimum Gasteiger partial charge on any atom is -0.493 e. The van der Waals surface area contributed by atoms with Crippen LogP contribution in [0.1, 0.15) is 25.7 Å². The van der Waals surface area contributed by atoms with Gasteiger partial charge in [-0.2, -0.15) is 0 Å². The van der Waals surface area contributed by atoms with Gasteiger partial charge in [0.05, 0.1) is 11.1 Å². The molecule has 3 heteroatoms. The molecule has 0 spiro atoms. The molecular weight excluding hydrogens is 295 g/mol. The maximum atomic E-state index is 13.3. The molecule has 0 aliphatic heterocycles. The van der Waals surface area contributed by atoms with Crippen LogP contribution in [0.3, 0.4) is 0 Å². The Hall–Kier alpha value is -0.830. The predicted octanol–water partition coefficient (Wildman–Crippen LogP) is 4.96. The Balaban J connectivity index is 1.81. The van der Waals surface area contributed by atoms with Crippen LogP contribution in [0.5, 0.6) is 5.75 Å². The van der Waals surface area contributed by atoms with E-state index < -0.39 is 0 Å². The molecule has 1 aliphatic rings. The van der Waals surface area contributed by atoms with Crippen LogP contribution in [0.2, 0.25) is 0 Å². The Bertz CT molecular complexity index is 411. The molecule has 0 heterocycles. The summed E-state index contributed by atoms with van der Waals surface area (Å²) < 4.78 is 19.4. The first kappa shape index (κ1) is 13.6. The van der Waals surface area contributed by atoms with Crippen LogP contribution in [0, 0.1) is 17.7 Å². The van der Waals surface area contributed by atoms with Crippen molar-refractivity contribution in [1.82, 2.24) is 0 Å². The van der Waals surface area contributed by atoms with Gasteiger partial charge in [-0.25, -0.2) is 4.39 Å². The van der Waals surface area contributed by atoms with E-state index >= 15 is 0 Å². The molecular formula is C15H18BrFO. The Morgan fingerprint density at radius 1 is 1.33 bits per heavy atom. The topological polar surface area (TPSA) is 9.23 Å². The molecule has 0 aromatic heterocycles. The van der Waals surface area contributed by atoms with Gasteiger partial charge in [0, 0.05) is 6.07 Å². The number of ether oxygens (including phenoxy) is 1. The second kappa shape index (κ2) is 6.37. The summed E-state index contributed by atoms with van der Waals surface area (Å²) in [6.45, 7) is 4.53. The van der Waals surface area contributed by atoms with Gasteiger partial charge in [0.15, 0.2) is 0 Å². The summed E-state index contributed by atoms with van der Waals surface area (Å²) in [7, 11) is 0. The zero-order valence-electron chi connectivity index (χ0n) is 10.4. The highest BCUT2D eigenvalue weighted by atomic mass is 79.9. The third-order valence-electron chi connectivity index (χ3n) is 3.60. The van der Waals surface area contributed by atoms with E-state index in [2.05, 4.69) is 28.6 Å². The number of allylic oxidation sites excluding steroid dienone is 1. The molecule has 0 amide bonds. The van der Waals surface area contributed by atoms with Crippen molar-refractivity contribution in [2.75, 3.05) is 6.61 Å². The fraction of sp³-hybridized carbons (Fsp3) is 0.467. The third-order valence-corrected chi connectivity index (χ3v) is 4.24. The first-order chi connectivity index (χ1) is 8.69. The van der Waals surface area contributed by atoms with Crippen LogP contribution >= 0.6 is 15.9 Å².